The lowest BCUT2D eigenvalue weighted by Gasteiger charge is -2.13. The lowest BCUT2D eigenvalue weighted by Crippen LogP contribution is -2.36. The van der Waals surface area contributed by atoms with E-state index in [4.69, 9.17) is 9.47 Å². The van der Waals surface area contributed by atoms with E-state index in [1.165, 1.54) is 0 Å². The zero-order valence-corrected chi connectivity index (χ0v) is 12.2. The van der Waals surface area contributed by atoms with Crippen LogP contribution in [0.25, 0.3) is 0 Å². The smallest absolute Gasteiger partial charge is 0.223 e. The van der Waals surface area contributed by atoms with Crippen molar-refractivity contribution in [3.8, 4) is 5.75 Å². The van der Waals surface area contributed by atoms with Gasteiger partial charge in [0, 0.05) is 13.2 Å². The molecule has 0 spiro atoms. The first-order valence-electron chi connectivity index (χ1n) is 6.50. The van der Waals surface area contributed by atoms with Gasteiger partial charge in [-0.3, -0.25) is 4.79 Å². The highest BCUT2D eigenvalue weighted by Gasteiger charge is 2.07. The molecule has 0 saturated heterocycles. The second-order valence-corrected chi connectivity index (χ2v) is 4.85. The number of benzene rings is 1. The zero-order valence-electron chi connectivity index (χ0n) is 12.2. The third-order valence-electron chi connectivity index (χ3n) is 2.62. The predicted molar refractivity (Wildman–Crippen MR) is 75.5 cm³/mol. The Morgan fingerprint density at radius 1 is 1.26 bits per heavy atom. The van der Waals surface area contributed by atoms with Crippen LogP contribution in [0.4, 0.5) is 0 Å². The third-order valence-corrected chi connectivity index (χ3v) is 2.62. The fourth-order valence-corrected chi connectivity index (χ4v) is 1.92. The molecule has 1 N–H and O–H groups in total. The second-order valence-electron chi connectivity index (χ2n) is 4.85. The van der Waals surface area contributed by atoms with Gasteiger partial charge in [-0.2, -0.15) is 0 Å². The first kappa shape index (κ1) is 15.5. The van der Waals surface area contributed by atoms with Crippen molar-refractivity contribution in [1.82, 2.24) is 5.32 Å². The fraction of sp³-hybridized carbons (Fsp3) is 0.533. The van der Waals surface area contributed by atoms with E-state index in [1.54, 1.807) is 7.11 Å². The number of carbonyl (C=O) groups is 1. The van der Waals surface area contributed by atoms with E-state index >= 15 is 0 Å². The van der Waals surface area contributed by atoms with Gasteiger partial charge in [0.2, 0.25) is 5.91 Å². The van der Waals surface area contributed by atoms with Crippen LogP contribution >= 0.6 is 0 Å². The molecule has 0 aliphatic carbocycles. The van der Waals surface area contributed by atoms with Crippen LogP contribution in [-0.4, -0.2) is 32.3 Å². The minimum absolute atomic E-state index is 0.0195. The van der Waals surface area contributed by atoms with E-state index in [0.29, 0.717) is 19.6 Å². The Morgan fingerprint density at radius 3 is 2.47 bits per heavy atom. The Balaban J connectivity index is 2.31. The summed E-state index contributed by atoms with van der Waals surface area (Å²) in [6.07, 6.45) is 0.348. The van der Waals surface area contributed by atoms with Crippen LogP contribution in [0.5, 0.6) is 5.75 Å². The molecule has 0 aliphatic rings. The van der Waals surface area contributed by atoms with Crippen molar-refractivity contribution >= 4 is 5.91 Å². The molecule has 0 aromatic heterocycles. The Kier molecular flexibility index (Phi) is 6.36. The maximum atomic E-state index is 11.6. The summed E-state index contributed by atoms with van der Waals surface area (Å²) in [7, 11) is 1.62. The minimum Gasteiger partial charge on any atom is -0.493 e. The molecule has 0 fully saturated rings. The third kappa shape index (κ3) is 6.25. The van der Waals surface area contributed by atoms with E-state index in [2.05, 4.69) is 11.4 Å². The topological polar surface area (TPSA) is 47.6 Å². The monoisotopic (exact) mass is 265 g/mol. The molecule has 0 aliphatic heterocycles. The van der Waals surface area contributed by atoms with E-state index < -0.39 is 0 Å². The summed E-state index contributed by atoms with van der Waals surface area (Å²) in [5.74, 6) is 0.796. The van der Waals surface area contributed by atoms with Crippen LogP contribution in [0, 0.1) is 13.8 Å². The van der Waals surface area contributed by atoms with Gasteiger partial charge >= 0.3 is 0 Å². The maximum Gasteiger partial charge on any atom is 0.223 e. The molecule has 4 nitrogen and oxygen atoms in total. The molecule has 1 unspecified atom stereocenters. The zero-order chi connectivity index (χ0) is 14.3. The van der Waals surface area contributed by atoms with Gasteiger partial charge in [-0.25, -0.2) is 0 Å². The van der Waals surface area contributed by atoms with Crippen LogP contribution in [0.2, 0.25) is 0 Å². The van der Waals surface area contributed by atoms with Crippen molar-refractivity contribution in [2.75, 3.05) is 20.3 Å². The average molecular weight is 265 g/mol. The summed E-state index contributed by atoms with van der Waals surface area (Å²) in [6, 6.07) is 6.06. The van der Waals surface area contributed by atoms with E-state index in [9.17, 15) is 4.79 Å². The number of methoxy groups -OCH3 is 1. The SMILES string of the molecule is COCC(C)NC(=O)CCOc1cc(C)cc(C)c1. The maximum absolute atomic E-state index is 11.6. The first-order valence-corrected chi connectivity index (χ1v) is 6.50. The number of hydrogen-bond donors (Lipinski definition) is 1. The Hall–Kier alpha value is -1.55. The summed E-state index contributed by atoms with van der Waals surface area (Å²) in [6.45, 7) is 6.86. The lowest BCUT2D eigenvalue weighted by molar-refractivity contribution is -0.122. The molecule has 0 heterocycles. The normalized spacial score (nSPS) is 12.0. The number of ether oxygens (including phenoxy) is 2. The molecule has 1 amide bonds. The van der Waals surface area contributed by atoms with Gasteiger partial charge in [-0.1, -0.05) is 6.07 Å². The van der Waals surface area contributed by atoms with Gasteiger partial charge in [0.1, 0.15) is 5.75 Å². The van der Waals surface area contributed by atoms with Crippen molar-refractivity contribution in [2.45, 2.75) is 33.2 Å². The van der Waals surface area contributed by atoms with Crippen molar-refractivity contribution in [3.63, 3.8) is 0 Å². The predicted octanol–water partition coefficient (Wildman–Crippen LogP) is 2.22. The summed E-state index contributed by atoms with van der Waals surface area (Å²) in [5.41, 5.74) is 2.32. The fourth-order valence-electron chi connectivity index (χ4n) is 1.92. The van der Waals surface area contributed by atoms with Crippen LogP contribution in [0.1, 0.15) is 24.5 Å². The molecule has 19 heavy (non-hydrogen) atoms. The van der Waals surface area contributed by atoms with Gasteiger partial charge in [0.05, 0.1) is 19.6 Å². The minimum atomic E-state index is -0.0195. The molecule has 1 aromatic rings. The molecule has 1 rings (SSSR count). The Labute approximate surface area is 115 Å². The van der Waals surface area contributed by atoms with E-state index in [-0.39, 0.29) is 11.9 Å². The Bertz CT molecular complexity index is 398. The van der Waals surface area contributed by atoms with Gasteiger partial charge in [-0.15, -0.1) is 0 Å². The molecule has 0 radical (unpaired) electrons. The number of hydrogen-bond acceptors (Lipinski definition) is 3. The van der Waals surface area contributed by atoms with Gasteiger partial charge in [-0.05, 0) is 44.0 Å². The summed E-state index contributed by atoms with van der Waals surface area (Å²) in [5, 5.41) is 2.85. The molecule has 1 atom stereocenters. The highest BCUT2D eigenvalue weighted by Crippen LogP contribution is 2.16. The Morgan fingerprint density at radius 2 is 1.89 bits per heavy atom. The molecule has 0 bridgehead atoms. The number of amides is 1. The second kappa shape index (κ2) is 7.79. The molecule has 4 heteroatoms. The van der Waals surface area contributed by atoms with E-state index in [1.807, 2.05) is 32.9 Å². The van der Waals surface area contributed by atoms with Crippen LogP contribution in [0.3, 0.4) is 0 Å². The number of nitrogens with one attached hydrogen (secondary N) is 1. The van der Waals surface area contributed by atoms with Crippen molar-refractivity contribution < 1.29 is 14.3 Å². The molecule has 1 aromatic carbocycles. The first-order chi connectivity index (χ1) is 9.01. The average Bonchev–Trinajstić information content (AvgIpc) is 2.27. The molecular formula is C15H23NO3. The largest absolute Gasteiger partial charge is 0.493 e. The summed E-state index contributed by atoms with van der Waals surface area (Å²) in [4.78, 5) is 11.6. The van der Waals surface area contributed by atoms with Crippen molar-refractivity contribution in [1.29, 1.82) is 0 Å². The van der Waals surface area contributed by atoms with Gasteiger partial charge in [0.15, 0.2) is 0 Å². The number of carbonyl (C=O) groups excluding carboxylic acids is 1. The van der Waals surface area contributed by atoms with Gasteiger partial charge < -0.3 is 14.8 Å². The van der Waals surface area contributed by atoms with Crippen molar-refractivity contribution in [3.05, 3.63) is 29.3 Å². The quantitative estimate of drug-likeness (QED) is 0.822. The number of rotatable bonds is 7. The highest BCUT2D eigenvalue weighted by atomic mass is 16.5. The van der Waals surface area contributed by atoms with Crippen molar-refractivity contribution in [2.24, 2.45) is 0 Å². The van der Waals surface area contributed by atoms with Crippen LogP contribution in [0.15, 0.2) is 18.2 Å². The molecule has 0 saturated carbocycles. The van der Waals surface area contributed by atoms with Crippen LogP contribution < -0.4 is 10.1 Å². The summed E-state index contributed by atoms with van der Waals surface area (Å²) >= 11 is 0. The number of aryl methyl sites for hydroxylation is 2. The lowest BCUT2D eigenvalue weighted by atomic mass is 10.1. The molecule has 106 valence electrons. The van der Waals surface area contributed by atoms with Gasteiger partial charge in [0.25, 0.3) is 0 Å². The highest BCUT2D eigenvalue weighted by molar-refractivity contribution is 5.76. The standard InChI is InChI=1S/C15H23NO3/c1-11-7-12(2)9-14(8-11)19-6-5-15(17)16-13(3)10-18-4/h7-9,13H,5-6,10H2,1-4H3,(H,16,17). The van der Waals surface area contributed by atoms with E-state index in [0.717, 1.165) is 16.9 Å². The summed E-state index contributed by atoms with van der Waals surface area (Å²) < 4.78 is 10.5. The van der Waals surface area contributed by atoms with Crippen LogP contribution in [-0.2, 0) is 9.53 Å². The molecular weight excluding hydrogens is 242 g/mol.